The molecule has 3 rings (SSSR count). The number of sulfone groups is 1. The molecule has 6 nitrogen and oxygen atoms in total. The van der Waals surface area contributed by atoms with Crippen LogP contribution in [0.5, 0.6) is 0 Å². The number of rotatable bonds is 8. The van der Waals surface area contributed by atoms with Gasteiger partial charge in [0.1, 0.15) is 5.76 Å². The maximum Gasteiger partial charge on any atom is 0.237 e. The molecule has 1 fully saturated rings. The van der Waals surface area contributed by atoms with E-state index in [1.807, 2.05) is 25.1 Å². The smallest absolute Gasteiger partial charge is 0.237 e. The summed E-state index contributed by atoms with van der Waals surface area (Å²) in [6, 6.07) is 7.34. The minimum absolute atomic E-state index is 0.0312. The average molecular weight is 475 g/mol. The van der Waals surface area contributed by atoms with Crippen molar-refractivity contribution in [2.24, 2.45) is 0 Å². The number of carbonyl (C=O) groups is 1. The molecule has 1 saturated heterocycles. The van der Waals surface area contributed by atoms with E-state index < -0.39 is 9.84 Å². The van der Waals surface area contributed by atoms with Gasteiger partial charge in [0.25, 0.3) is 0 Å². The normalized spacial score (nSPS) is 18.9. The number of hydrogen-bond donors (Lipinski definition) is 0. The van der Waals surface area contributed by atoms with Crippen LogP contribution in [-0.2, 0) is 27.7 Å². The van der Waals surface area contributed by atoms with Crippen molar-refractivity contribution in [2.45, 2.75) is 32.5 Å². The first kappa shape index (κ1) is 20.6. The minimum atomic E-state index is -3.07. The maximum atomic E-state index is 13.1. The van der Waals surface area contributed by atoms with Gasteiger partial charge in [-0.2, -0.15) is 0 Å². The quantitative estimate of drug-likeness (QED) is 0.587. The molecular weight excluding hydrogens is 452 g/mol. The number of hydrogen-bond acceptors (Lipinski definition) is 6. The Morgan fingerprint density at radius 3 is 2.70 bits per heavy atom. The number of nitrogens with zero attached hydrogens (tertiary/aromatic N) is 2. The van der Waals surface area contributed by atoms with E-state index in [1.54, 1.807) is 28.6 Å². The molecule has 9 heteroatoms. The van der Waals surface area contributed by atoms with Crippen LogP contribution in [0.25, 0.3) is 0 Å². The van der Waals surface area contributed by atoms with Gasteiger partial charge in [0, 0.05) is 17.5 Å². The Morgan fingerprint density at radius 1 is 1.33 bits per heavy atom. The summed E-state index contributed by atoms with van der Waals surface area (Å²) in [5.74, 6) is 0.771. The van der Waals surface area contributed by atoms with Crippen molar-refractivity contribution in [1.82, 2.24) is 9.80 Å². The summed E-state index contributed by atoms with van der Waals surface area (Å²) >= 11 is 5.12. The van der Waals surface area contributed by atoms with Crippen LogP contribution in [0.3, 0.4) is 0 Å². The Hall–Kier alpha value is -1.16. The molecule has 1 atom stereocenters. The van der Waals surface area contributed by atoms with Crippen molar-refractivity contribution in [2.75, 3.05) is 24.6 Å². The van der Waals surface area contributed by atoms with Gasteiger partial charge >= 0.3 is 0 Å². The number of carbonyl (C=O) groups excluding carboxylic acids is 1. The van der Waals surface area contributed by atoms with Crippen LogP contribution in [0, 0.1) is 0 Å². The van der Waals surface area contributed by atoms with E-state index >= 15 is 0 Å². The molecule has 0 spiro atoms. The Balaban J connectivity index is 1.71. The molecule has 2 aromatic rings. The van der Waals surface area contributed by atoms with E-state index in [-0.39, 0.29) is 30.0 Å². The summed E-state index contributed by atoms with van der Waals surface area (Å²) in [6.45, 7) is 4.00. The largest absolute Gasteiger partial charge is 0.467 e. The van der Waals surface area contributed by atoms with Crippen molar-refractivity contribution >= 4 is 43.0 Å². The molecule has 2 aromatic heterocycles. The Kier molecular flexibility index (Phi) is 6.78. The standard InChI is InChI=1S/C18H23BrN2O4S2/c1-2-20(11-16-5-6-17(19)26-16)12-18(22)21(10-15-4-3-8-25-15)14-7-9-27(23,24)13-14/h3-6,8,14H,2,7,9-13H2,1H3/t14-/m0/s1. The highest BCUT2D eigenvalue weighted by Gasteiger charge is 2.35. The van der Waals surface area contributed by atoms with Crippen LogP contribution >= 0.6 is 27.3 Å². The summed E-state index contributed by atoms with van der Waals surface area (Å²) in [7, 11) is -3.07. The zero-order valence-corrected chi connectivity index (χ0v) is 18.4. The fourth-order valence-corrected chi connectivity index (χ4v) is 6.49. The van der Waals surface area contributed by atoms with Crippen molar-refractivity contribution in [1.29, 1.82) is 0 Å². The van der Waals surface area contributed by atoms with Gasteiger partial charge in [-0.15, -0.1) is 11.3 Å². The first-order valence-corrected chi connectivity index (χ1v) is 12.3. The van der Waals surface area contributed by atoms with E-state index in [2.05, 4.69) is 20.8 Å². The first-order chi connectivity index (χ1) is 12.9. The van der Waals surface area contributed by atoms with Gasteiger partial charge in [0.15, 0.2) is 9.84 Å². The first-order valence-electron chi connectivity index (χ1n) is 8.85. The number of likely N-dealkylation sites (N-methyl/N-ethyl adjacent to an activating group) is 1. The van der Waals surface area contributed by atoms with Gasteiger partial charge in [-0.3, -0.25) is 9.69 Å². The molecule has 0 saturated carbocycles. The van der Waals surface area contributed by atoms with Crippen LogP contribution < -0.4 is 0 Å². The molecule has 0 unspecified atom stereocenters. The Morgan fingerprint density at radius 2 is 2.15 bits per heavy atom. The third kappa shape index (κ3) is 5.66. The lowest BCUT2D eigenvalue weighted by molar-refractivity contribution is -0.135. The molecule has 0 N–H and O–H groups in total. The molecule has 1 amide bonds. The maximum absolute atomic E-state index is 13.1. The van der Waals surface area contributed by atoms with Gasteiger partial charge in [-0.25, -0.2) is 8.42 Å². The number of amides is 1. The summed E-state index contributed by atoms with van der Waals surface area (Å²) in [5.41, 5.74) is 0. The molecule has 1 aliphatic rings. The monoisotopic (exact) mass is 474 g/mol. The summed E-state index contributed by atoms with van der Waals surface area (Å²) in [6.07, 6.45) is 2.05. The number of thiophene rings is 1. The van der Waals surface area contributed by atoms with Crippen LogP contribution in [0.15, 0.2) is 38.7 Å². The van der Waals surface area contributed by atoms with Crippen molar-refractivity contribution < 1.29 is 17.6 Å². The van der Waals surface area contributed by atoms with Crippen LogP contribution in [0.4, 0.5) is 0 Å². The highest BCUT2D eigenvalue weighted by atomic mass is 79.9. The molecular formula is C18H23BrN2O4S2. The molecule has 148 valence electrons. The van der Waals surface area contributed by atoms with Gasteiger partial charge in [-0.1, -0.05) is 6.92 Å². The molecule has 0 aromatic carbocycles. The fourth-order valence-electron chi connectivity index (χ4n) is 3.23. The molecule has 0 radical (unpaired) electrons. The molecule has 0 bridgehead atoms. The topological polar surface area (TPSA) is 70.8 Å². The summed E-state index contributed by atoms with van der Waals surface area (Å²) < 4.78 is 30.3. The lowest BCUT2D eigenvalue weighted by atomic mass is 10.2. The van der Waals surface area contributed by atoms with Crippen molar-refractivity contribution in [3.63, 3.8) is 0 Å². The lowest BCUT2D eigenvalue weighted by Crippen LogP contribution is -2.45. The van der Waals surface area contributed by atoms with E-state index in [4.69, 9.17) is 4.42 Å². The third-order valence-corrected chi connectivity index (χ3v) is 8.05. The SMILES string of the molecule is CCN(CC(=O)N(Cc1ccco1)[C@H]1CCS(=O)(=O)C1)Cc1ccc(Br)s1. The molecule has 27 heavy (non-hydrogen) atoms. The predicted molar refractivity (Wildman–Crippen MR) is 109 cm³/mol. The predicted octanol–water partition coefficient (Wildman–Crippen LogP) is 3.14. The highest BCUT2D eigenvalue weighted by molar-refractivity contribution is 9.11. The second-order valence-electron chi connectivity index (χ2n) is 6.67. The third-order valence-electron chi connectivity index (χ3n) is 4.69. The molecule has 0 aliphatic carbocycles. The second kappa shape index (κ2) is 8.89. The molecule has 3 heterocycles. The fraction of sp³-hybridized carbons (Fsp3) is 0.500. The van der Waals surface area contributed by atoms with E-state index in [0.29, 0.717) is 25.3 Å². The molecule has 1 aliphatic heterocycles. The Bertz CT molecular complexity index is 864. The Labute approximate surface area is 172 Å². The van der Waals surface area contributed by atoms with Crippen LogP contribution in [-0.4, -0.2) is 54.8 Å². The number of halogens is 1. The summed E-state index contributed by atoms with van der Waals surface area (Å²) in [4.78, 5) is 18.0. The van der Waals surface area contributed by atoms with Gasteiger partial charge in [0.05, 0.1) is 34.6 Å². The van der Waals surface area contributed by atoms with Crippen LogP contribution in [0.2, 0.25) is 0 Å². The van der Waals surface area contributed by atoms with E-state index in [9.17, 15) is 13.2 Å². The van der Waals surface area contributed by atoms with E-state index in [1.165, 1.54) is 4.88 Å². The van der Waals surface area contributed by atoms with Crippen LogP contribution in [0.1, 0.15) is 24.0 Å². The van der Waals surface area contributed by atoms with Gasteiger partial charge in [-0.05, 0) is 53.2 Å². The summed E-state index contributed by atoms with van der Waals surface area (Å²) in [5, 5.41) is 0. The zero-order valence-electron chi connectivity index (χ0n) is 15.1. The lowest BCUT2D eigenvalue weighted by Gasteiger charge is -2.30. The second-order valence-corrected chi connectivity index (χ2v) is 11.4. The van der Waals surface area contributed by atoms with Gasteiger partial charge < -0.3 is 9.32 Å². The average Bonchev–Trinajstić information content (AvgIpc) is 3.34. The highest BCUT2D eigenvalue weighted by Crippen LogP contribution is 2.24. The van der Waals surface area contributed by atoms with Gasteiger partial charge in [0.2, 0.25) is 5.91 Å². The van der Waals surface area contributed by atoms with E-state index in [0.717, 1.165) is 10.3 Å². The van der Waals surface area contributed by atoms with Crippen molar-refractivity contribution in [3.05, 3.63) is 45.0 Å². The van der Waals surface area contributed by atoms with Crippen molar-refractivity contribution in [3.8, 4) is 0 Å². The zero-order chi connectivity index (χ0) is 19.4. The minimum Gasteiger partial charge on any atom is -0.467 e. The number of furan rings is 1.